The number of nitrogens with one attached hydrogen (secondary N) is 1. The van der Waals surface area contributed by atoms with E-state index in [0.717, 1.165) is 0 Å². The molecule has 2 aromatic carbocycles. The Labute approximate surface area is 120 Å². The predicted molar refractivity (Wildman–Crippen MR) is 76.2 cm³/mol. The monoisotopic (exact) mass is 290 g/mol. The molecule has 20 heavy (non-hydrogen) atoms. The Balaban J connectivity index is 2.49. The number of amides is 2. The second kappa shape index (κ2) is 5.63. The van der Waals surface area contributed by atoms with Crippen LogP contribution < -0.4 is 11.1 Å². The molecule has 0 spiro atoms. The van der Waals surface area contributed by atoms with Crippen molar-refractivity contribution in [3.63, 3.8) is 0 Å². The fraction of sp³-hybridized carbons (Fsp3) is 0. The number of ketones is 1. The van der Waals surface area contributed by atoms with E-state index < -0.39 is 11.8 Å². The average molecular weight is 291 g/mol. The van der Waals surface area contributed by atoms with Gasteiger partial charge < -0.3 is 16.2 Å². The van der Waals surface area contributed by atoms with Crippen LogP contribution in [0.15, 0.2) is 42.5 Å². The van der Waals surface area contributed by atoms with Gasteiger partial charge in [-0.25, -0.2) is 4.79 Å². The first-order valence-corrected chi connectivity index (χ1v) is 6.05. The number of anilines is 1. The Morgan fingerprint density at radius 3 is 2.40 bits per heavy atom. The Kier molecular flexibility index (Phi) is 3.91. The van der Waals surface area contributed by atoms with Crippen molar-refractivity contribution >= 4 is 29.1 Å². The fourth-order valence-electron chi connectivity index (χ4n) is 1.75. The van der Waals surface area contributed by atoms with Crippen LogP contribution in [0.2, 0.25) is 5.02 Å². The lowest BCUT2D eigenvalue weighted by Crippen LogP contribution is -2.19. The average Bonchev–Trinajstić information content (AvgIpc) is 2.42. The van der Waals surface area contributed by atoms with Crippen molar-refractivity contribution in [2.75, 3.05) is 5.32 Å². The maximum absolute atomic E-state index is 12.3. The maximum Gasteiger partial charge on any atom is 0.316 e. The SMILES string of the molecule is NC(=O)Nc1cc(Cl)cc(C(=O)c2ccccc2)c1O. The van der Waals surface area contributed by atoms with Crippen LogP contribution in [0.1, 0.15) is 15.9 Å². The van der Waals surface area contributed by atoms with E-state index in [2.05, 4.69) is 5.32 Å². The smallest absolute Gasteiger partial charge is 0.316 e. The highest BCUT2D eigenvalue weighted by atomic mass is 35.5. The summed E-state index contributed by atoms with van der Waals surface area (Å²) in [6, 6.07) is 10.2. The number of phenols is 1. The zero-order valence-electron chi connectivity index (χ0n) is 10.3. The number of carbonyl (C=O) groups excluding carboxylic acids is 2. The van der Waals surface area contributed by atoms with E-state index in [0.29, 0.717) is 5.56 Å². The molecule has 5 nitrogen and oxygen atoms in total. The van der Waals surface area contributed by atoms with Crippen LogP contribution in [0.5, 0.6) is 5.75 Å². The topological polar surface area (TPSA) is 92.4 Å². The van der Waals surface area contributed by atoms with Crippen LogP contribution in [0.4, 0.5) is 10.5 Å². The van der Waals surface area contributed by atoms with Crippen molar-refractivity contribution in [2.45, 2.75) is 0 Å². The molecule has 102 valence electrons. The van der Waals surface area contributed by atoms with E-state index in [1.165, 1.54) is 12.1 Å². The van der Waals surface area contributed by atoms with E-state index in [1.807, 2.05) is 0 Å². The number of halogens is 1. The molecule has 2 aromatic rings. The van der Waals surface area contributed by atoms with Gasteiger partial charge in [-0.3, -0.25) is 4.79 Å². The molecule has 0 radical (unpaired) electrons. The Morgan fingerprint density at radius 2 is 1.80 bits per heavy atom. The van der Waals surface area contributed by atoms with Gasteiger partial charge in [0.15, 0.2) is 5.78 Å². The molecule has 2 rings (SSSR count). The molecule has 0 bridgehead atoms. The largest absolute Gasteiger partial charge is 0.505 e. The van der Waals surface area contributed by atoms with E-state index in [-0.39, 0.29) is 22.0 Å². The van der Waals surface area contributed by atoms with Gasteiger partial charge in [0.25, 0.3) is 0 Å². The number of aromatic hydroxyl groups is 1. The molecule has 0 heterocycles. The first-order chi connectivity index (χ1) is 9.49. The summed E-state index contributed by atoms with van der Waals surface area (Å²) < 4.78 is 0. The first-order valence-electron chi connectivity index (χ1n) is 5.67. The highest BCUT2D eigenvalue weighted by Crippen LogP contribution is 2.33. The summed E-state index contributed by atoms with van der Waals surface area (Å²) in [5.41, 5.74) is 5.37. The van der Waals surface area contributed by atoms with Crippen LogP contribution in [0.25, 0.3) is 0 Å². The number of benzene rings is 2. The molecule has 2 amide bonds. The molecule has 6 heteroatoms. The van der Waals surface area contributed by atoms with Gasteiger partial charge in [-0.2, -0.15) is 0 Å². The molecule has 0 aliphatic heterocycles. The number of nitrogens with two attached hydrogens (primary N) is 1. The molecule has 0 saturated carbocycles. The Hall–Kier alpha value is -2.53. The van der Waals surface area contributed by atoms with Crippen molar-refractivity contribution < 1.29 is 14.7 Å². The molecule has 0 atom stereocenters. The van der Waals surface area contributed by atoms with Gasteiger partial charge in [0.1, 0.15) is 5.75 Å². The van der Waals surface area contributed by atoms with Crippen molar-refractivity contribution in [3.05, 3.63) is 58.6 Å². The molecular formula is C14H11ClN2O3. The minimum Gasteiger partial charge on any atom is -0.505 e. The lowest BCUT2D eigenvalue weighted by molar-refractivity contribution is 0.103. The first kappa shape index (κ1) is 13.9. The zero-order chi connectivity index (χ0) is 14.7. The van der Waals surface area contributed by atoms with Gasteiger partial charge >= 0.3 is 6.03 Å². The van der Waals surface area contributed by atoms with E-state index in [1.54, 1.807) is 30.3 Å². The summed E-state index contributed by atoms with van der Waals surface area (Å²) in [5, 5.41) is 12.5. The van der Waals surface area contributed by atoms with E-state index in [9.17, 15) is 14.7 Å². The molecule has 0 aliphatic carbocycles. The highest BCUT2D eigenvalue weighted by molar-refractivity contribution is 6.32. The quantitative estimate of drug-likeness (QED) is 0.599. The summed E-state index contributed by atoms with van der Waals surface area (Å²) in [7, 11) is 0. The molecule has 0 fully saturated rings. The van der Waals surface area contributed by atoms with Crippen molar-refractivity contribution in [2.24, 2.45) is 5.73 Å². The zero-order valence-corrected chi connectivity index (χ0v) is 11.0. The normalized spacial score (nSPS) is 10.1. The second-order valence-electron chi connectivity index (χ2n) is 4.03. The van der Waals surface area contributed by atoms with Crippen molar-refractivity contribution in [3.8, 4) is 5.75 Å². The van der Waals surface area contributed by atoms with Crippen molar-refractivity contribution in [1.29, 1.82) is 0 Å². The number of urea groups is 1. The van der Waals surface area contributed by atoms with Gasteiger partial charge in [-0.1, -0.05) is 41.9 Å². The molecule has 0 saturated heterocycles. The van der Waals surface area contributed by atoms with Crippen molar-refractivity contribution in [1.82, 2.24) is 0 Å². The van der Waals surface area contributed by atoms with E-state index >= 15 is 0 Å². The summed E-state index contributed by atoms with van der Waals surface area (Å²) in [6.45, 7) is 0. The third kappa shape index (κ3) is 2.89. The lowest BCUT2D eigenvalue weighted by atomic mass is 10.0. The fourth-order valence-corrected chi connectivity index (χ4v) is 1.96. The number of rotatable bonds is 3. The maximum atomic E-state index is 12.3. The third-order valence-electron chi connectivity index (χ3n) is 2.61. The summed E-state index contributed by atoms with van der Waals surface area (Å²) in [4.78, 5) is 23.2. The van der Waals surface area contributed by atoms with Crippen LogP contribution in [-0.4, -0.2) is 16.9 Å². The van der Waals surface area contributed by atoms with Gasteiger partial charge in [0.05, 0.1) is 11.3 Å². The molecule has 0 aromatic heterocycles. The minimum atomic E-state index is -0.860. The number of hydrogen-bond acceptors (Lipinski definition) is 3. The minimum absolute atomic E-state index is 0.00699. The van der Waals surface area contributed by atoms with Crippen LogP contribution in [0, 0.1) is 0 Å². The predicted octanol–water partition coefficient (Wildman–Crippen LogP) is 2.77. The van der Waals surface area contributed by atoms with Crippen LogP contribution >= 0.6 is 11.6 Å². The number of primary amides is 1. The number of hydrogen-bond donors (Lipinski definition) is 3. The molecule has 0 unspecified atom stereocenters. The molecule has 0 aliphatic rings. The van der Waals surface area contributed by atoms with Gasteiger partial charge in [-0.05, 0) is 12.1 Å². The van der Waals surface area contributed by atoms with E-state index in [4.69, 9.17) is 17.3 Å². The Morgan fingerprint density at radius 1 is 1.15 bits per heavy atom. The van der Waals surface area contributed by atoms with Gasteiger partial charge in [0.2, 0.25) is 0 Å². The number of phenolic OH excluding ortho intramolecular Hbond substituents is 1. The summed E-state index contributed by atoms with van der Waals surface area (Å²) in [5.74, 6) is -0.778. The van der Waals surface area contributed by atoms with Crippen LogP contribution in [0.3, 0.4) is 0 Å². The van der Waals surface area contributed by atoms with Gasteiger partial charge in [-0.15, -0.1) is 0 Å². The summed E-state index contributed by atoms with van der Waals surface area (Å²) in [6.07, 6.45) is 0. The second-order valence-corrected chi connectivity index (χ2v) is 4.47. The lowest BCUT2D eigenvalue weighted by Gasteiger charge is -2.10. The molecule has 4 N–H and O–H groups in total. The third-order valence-corrected chi connectivity index (χ3v) is 2.83. The van der Waals surface area contributed by atoms with Gasteiger partial charge in [0, 0.05) is 10.6 Å². The highest BCUT2D eigenvalue weighted by Gasteiger charge is 2.18. The number of carbonyl (C=O) groups is 2. The molecular weight excluding hydrogens is 280 g/mol. The van der Waals surface area contributed by atoms with Crippen LogP contribution in [-0.2, 0) is 0 Å². The summed E-state index contributed by atoms with van der Waals surface area (Å²) >= 11 is 5.88. The Bertz CT molecular complexity index is 672. The standard InChI is InChI=1S/C14H11ClN2O3/c15-9-6-10(12(18)8-4-2-1-3-5-8)13(19)11(7-9)17-14(16)20/h1-7,19H,(H3,16,17,20).